The molecule has 2 aliphatic rings. The van der Waals surface area contributed by atoms with E-state index in [9.17, 15) is 4.79 Å². The molecule has 2 nitrogen and oxygen atoms in total. The monoisotopic (exact) mass is 196 g/mol. The first kappa shape index (κ1) is 10.2. The number of Topliss-reactive ketones (excluding diaryl/α,β-unsaturated/α-hetero) is 1. The molecular weight excluding hydrogens is 176 g/mol. The van der Waals surface area contributed by atoms with E-state index in [0.29, 0.717) is 5.78 Å². The van der Waals surface area contributed by atoms with Gasteiger partial charge in [-0.15, -0.1) is 0 Å². The maximum absolute atomic E-state index is 12.1. The molecule has 2 heteroatoms. The Kier molecular flexibility index (Phi) is 2.91. The Morgan fingerprint density at radius 2 is 1.93 bits per heavy atom. The van der Waals surface area contributed by atoms with Crippen LogP contribution in [0.25, 0.3) is 0 Å². The third kappa shape index (κ3) is 1.50. The maximum atomic E-state index is 12.1. The van der Waals surface area contributed by atoms with E-state index < -0.39 is 0 Å². The van der Waals surface area contributed by atoms with Gasteiger partial charge in [0.15, 0.2) is 0 Å². The van der Waals surface area contributed by atoms with E-state index in [1.165, 1.54) is 19.3 Å². The molecule has 0 bridgehead atoms. The Labute approximate surface area is 86.0 Å². The fourth-order valence-electron chi connectivity index (χ4n) is 3.27. The lowest BCUT2D eigenvalue weighted by atomic mass is 9.63. The van der Waals surface area contributed by atoms with Crippen molar-refractivity contribution in [1.82, 2.24) is 0 Å². The van der Waals surface area contributed by atoms with Crippen LogP contribution in [-0.2, 0) is 9.53 Å². The number of hydrogen-bond donors (Lipinski definition) is 0. The summed E-state index contributed by atoms with van der Waals surface area (Å²) < 4.78 is 5.53. The fraction of sp³-hybridized carbons (Fsp3) is 0.917. The highest BCUT2D eigenvalue weighted by Crippen LogP contribution is 2.46. The second kappa shape index (κ2) is 4.01. The molecule has 0 N–H and O–H groups in total. The Hall–Kier alpha value is -0.370. The van der Waals surface area contributed by atoms with Gasteiger partial charge in [0.2, 0.25) is 0 Å². The lowest BCUT2D eigenvalue weighted by Crippen LogP contribution is -2.47. The summed E-state index contributed by atoms with van der Waals surface area (Å²) in [5.41, 5.74) is -0.0781. The van der Waals surface area contributed by atoms with Gasteiger partial charge < -0.3 is 4.74 Å². The first-order chi connectivity index (χ1) is 6.79. The van der Waals surface area contributed by atoms with Gasteiger partial charge in [0.1, 0.15) is 5.78 Å². The molecule has 0 amide bonds. The summed E-state index contributed by atoms with van der Waals surface area (Å²) >= 11 is 0. The number of rotatable bonds is 1. The lowest BCUT2D eigenvalue weighted by Gasteiger charge is -2.44. The topological polar surface area (TPSA) is 26.3 Å². The van der Waals surface area contributed by atoms with Crippen LogP contribution in [0.4, 0.5) is 0 Å². The first-order valence-corrected chi connectivity index (χ1v) is 5.86. The van der Waals surface area contributed by atoms with Crippen LogP contribution in [0.5, 0.6) is 0 Å². The molecule has 0 aromatic heterocycles. The molecule has 1 spiro atoms. The summed E-state index contributed by atoms with van der Waals surface area (Å²) in [6, 6.07) is 0. The zero-order chi connectivity index (χ0) is 10.0. The van der Waals surface area contributed by atoms with Crippen molar-refractivity contribution >= 4 is 5.78 Å². The van der Waals surface area contributed by atoms with Gasteiger partial charge in [0.25, 0.3) is 0 Å². The molecular formula is C12H20O2. The predicted molar refractivity (Wildman–Crippen MR) is 55.2 cm³/mol. The normalized spacial score (nSPS) is 38.9. The number of hydrogen-bond acceptors (Lipinski definition) is 2. The fourth-order valence-corrected chi connectivity index (χ4v) is 3.27. The zero-order valence-electron chi connectivity index (χ0n) is 9.05. The summed E-state index contributed by atoms with van der Waals surface area (Å²) in [7, 11) is 1.76. The van der Waals surface area contributed by atoms with E-state index in [1.807, 2.05) is 0 Å². The Morgan fingerprint density at radius 1 is 1.21 bits per heavy atom. The Balaban J connectivity index is 2.19. The smallest absolute Gasteiger partial charge is 0.141 e. The molecule has 0 aromatic carbocycles. The van der Waals surface area contributed by atoms with E-state index in [2.05, 4.69) is 0 Å². The van der Waals surface area contributed by atoms with E-state index in [4.69, 9.17) is 4.74 Å². The summed E-state index contributed by atoms with van der Waals surface area (Å²) in [4.78, 5) is 12.1. The quantitative estimate of drug-likeness (QED) is 0.644. The van der Waals surface area contributed by atoms with Gasteiger partial charge in [0, 0.05) is 13.5 Å². The molecule has 2 saturated carbocycles. The van der Waals surface area contributed by atoms with Crippen molar-refractivity contribution in [3.63, 3.8) is 0 Å². The molecule has 80 valence electrons. The van der Waals surface area contributed by atoms with Crippen LogP contribution in [0.2, 0.25) is 0 Å². The summed E-state index contributed by atoms with van der Waals surface area (Å²) in [5, 5.41) is 0. The summed E-state index contributed by atoms with van der Waals surface area (Å²) in [5.74, 6) is 0.482. The Morgan fingerprint density at radius 3 is 2.64 bits per heavy atom. The van der Waals surface area contributed by atoms with E-state index in [-0.39, 0.29) is 11.5 Å². The van der Waals surface area contributed by atoms with Crippen molar-refractivity contribution < 1.29 is 9.53 Å². The number of carbonyl (C=O) groups is 1. The second-order valence-corrected chi connectivity index (χ2v) is 4.76. The first-order valence-electron chi connectivity index (χ1n) is 5.86. The average molecular weight is 196 g/mol. The molecule has 0 heterocycles. The van der Waals surface area contributed by atoms with Crippen LogP contribution in [0.3, 0.4) is 0 Å². The number of ketones is 1. The van der Waals surface area contributed by atoms with Gasteiger partial charge in [-0.2, -0.15) is 0 Å². The number of methoxy groups -OCH3 is 1. The molecule has 0 saturated heterocycles. The molecule has 2 fully saturated rings. The standard InChI is InChI=1S/C12H20O2/c1-14-11-7-3-5-9-12(11)8-4-2-6-10(12)13/h11H,2-9H2,1H3/t11-,12-/m1/s1. The van der Waals surface area contributed by atoms with Gasteiger partial charge in [0.05, 0.1) is 11.5 Å². The maximum Gasteiger partial charge on any atom is 0.141 e. The minimum Gasteiger partial charge on any atom is -0.380 e. The average Bonchev–Trinajstić information content (AvgIpc) is 2.23. The van der Waals surface area contributed by atoms with Gasteiger partial charge in [-0.3, -0.25) is 4.79 Å². The van der Waals surface area contributed by atoms with Gasteiger partial charge in [-0.25, -0.2) is 0 Å². The lowest BCUT2D eigenvalue weighted by molar-refractivity contribution is -0.145. The summed E-state index contributed by atoms with van der Waals surface area (Å²) in [6.07, 6.45) is 8.99. The number of carbonyl (C=O) groups excluding carboxylic acids is 1. The molecule has 2 aliphatic carbocycles. The van der Waals surface area contributed by atoms with Crippen LogP contribution < -0.4 is 0 Å². The molecule has 0 radical (unpaired) electrons. The van der Waals surface area contributed by atoms with Crippen LogP contribution in [0.15, 0.2) is 0 Å². The van der Waals surface area contributed by atoms with Crippen molar-refractivity contribution in [2.75, 3.05) is 7.11 Å². The van der Waals surface area contributed by atoms with Crippen LogP contribution >= 0.6 is 0 Å². The molecule has 0 unspecified atom stereocenters. The van der Waals surface area contributed by atoms with Gasteiger partial charge in [-0.1, -0.05) is 19.3 Å². The van der Waals surface area contributed by atoms with Crippen molar-refractivity contribution in [2.45, 2.75) is 57.5 Å². The Bertz CT molecular complexity index is 218. The predicted octanol–water partition coefficient (Wildman–Crippen LogP) is 2.70. The van der Waals surface area contributed by atoms with Crippen molar-refractivity contribution in [1.29, 1.82) is 0 Å². The van der Waals surface area contributed by atoms with Crippen molar-refractivity contribution in [3.8, 4) is 0 Å². The summed E-state index contributed by atoms with van der Waals surface area (Å²) in [6.45, 7) is 0. The molecule has 2 atom stereocenters. The second-order valence-electron chi connectivity index (χ2n) is 4.76. The molecule has 0 aromatic rings. The van der Waals surface area contributed by atoms with Crippen LogP contribution in [0.1, 0.15) is 51.4 Å². The van der Waals surface area contributed by atoms with Crippen molar-refractivity contribution in [2.24, 2.45) is 5.41 Å². The van der Waals surface area contributed by atoms with E-state index >= 15 is 0 Å². The largest absolute Gasteiger partial charge is 0.380 e. The van der Waals surface area contributed by atoms with E-state index in [0.717, 1.165) is 32.1 Å². The highest BCUT2D eigenvalue weighted by molar-refractivity contribution is 5.86. The van der Waals surface area contributed by atoms with Crippen LogP contribution in [0, 0.1) is 5.41 Å². The molecule has 14 heavy (non-hydrogen) atoms. The van der Waals surface area contributed by atoms with Crippen LogP contribution in [-0.4, -0.2) is 19.0 Å². The van der Waals surface area contributed by atoms with Crippen molar-refractivity contribution in [3.05, 3.63) is 0 Å². The minimum atomic E-state index is -0.0781. The SMILES string of the molecule is CO[C@@H]1CCCC[C@@]12CCCCC2=O. The third-order valence-electron chi connectivity index (χ3n) is 4.07. The molecule has 2 rings (SSSR count). The van der Waals surface area contributed by atoms with Gasteiger partial charge in [-0.05, 0) is 25.7 Å². The molecule has 0 aliphatic heterocycles. The van der Waals surface area contributed by atoms with E-state index in [1.54, 1.807) is 7.11 Å². The zero-order valence-corrected chi connectivity index (χ0v) is 9.05. The highest BCUT2D eigenvalue weighted by atomic mass is 16.5. The highest BCUT2D eigenvalue weighted by Gasteiger charge is 2.47. The van der Waals surface area contributed by atoms with Gasteiger partial charge >= 0.3 is 0 Å². The third-order valence-corrected chi connectivity index (χ3v) is 4.07. The minimum absolute atomic E-state index is 0.0781. The number of ether oxygens (including phenoxy) is 1.